The summed E-state index contributed by atoms with van der Waals surface area (Å²) in [5, 5.41) is 3.38. The Kier molecular flexibility index (Phi) is 3.92. The van der Waals surface area contributed by atoms with Gasteiger partial charge < -0.3 is 14.5 Å². The maximum Gasteiger partial charge on any atom is 0.146 e. The van der Waals surface area contributed by atoms with Crippen LogP contribution >= 0.6 is 0 Å². The first-order chi connectivity index (χ1) is 10.1. The van der Waals surface area contributed by atoms with Gasteiger partial charge in [0, 0.05) is 24.2 Å². The molecule has 3 rings (SSSR count). The second-order valence-electron chi connectivity index (χ2n) is 5.37. The van der Waals surface area contributed by atoms with E-state index in [9.17, 15) is 8.78 Å². The van der Waals surface area contributed by atoms with Crippen molar-refractivity contribution in [2.75, 3.05) is 0 Å². The highest BCUT2D eigenvalue weighted by molar-refractivity contribution is 5.25. The Morgan fingerprint density at radius 2 is 1.90 bits per heavy atom. The molecule has 112 valence electrons. The van der Waals surface area contributed by atoms with Crippen molar-refractivity contribution >= 4 is 0 Å². The molecule has 1 aromatic heterocycles. The third-order valence-corrected chi connectivity index (χ3v) is 3.42. The van der Waals surface area contributed by atoms with E-state index >= 15 is 0 Å². The lowest BCUT2D eigenvalue weighted by atomic mass is 10.2. The number of hydrogen-bond donors (Lipinski definition) is 1. The minimum absolute atomic E-state index is 0.146. The van der Waals surface area contributed by atoms with Gasteiger partial charge in [0.05, 0.1) is 6.54 Å². The molecule has 0 amide bonds. The molecule has 0 aliphatic heterocycles. The van der Waals surface area contributed by atoms with Gasteiger partial charge in [-0.3, -0.25) is 0 Å². The average Bonchev–Trinajstić information content (AvgIpc) is 3.17. The molecule has 0 radical (unpaired) electrons. The Hall–Kier alpha value is -1.88. The van der Waals surface area contributed by atoms with Crippen LogP contribution in [0.25, 0.3) is 0 Å². The quantitative estimate of drug-likeness (QED) is 0.882. The summed E-state index contributed by atoms with van der Waals surface area (Å²) in [6, 6.07) is 5.61. The first kappa shape index (κ1) is 14.1. The van der Waals surface area contributed by atoms with Crippen molar-refractivity contribution in [3.63, 3.8) is 0 Å². The van der Waals surface area contributed by atoms with Crippen LogP contribution in [-0.4, -0.2) is 6.04 Å². The van der Waals surface area contributed by atoms with E-state index in [2.05, 4.69) is 5.32 Å². The van der Waals surface area contributed by atoms with Crippen molar-refractivity contribution in [2.45, 2.75) is 39.0 Å². The van der Waals surface area contributed by atoms with Crippen LogP contribution < -0.4 is 10.1 Å². The topological polar surface area (TPSA) is 34.4 Å². The number of ether oxygens (including phenoxy) is 1. The summed E-state index contributed by atoms with van der Waals surface area (Å²) >= 11 is 0. The minimum atomic E-state index is -0.657. The molecule has 1 heterocycles. The van der Waals surface area contributed by atoms with E-state index < -0.39 is 11.6 Å². The van der Waals surface area contributed by atoms with E-state index in [-0.39, 0.29) is 12.4 Å². The first-order valence-electron chi connectivity index (χ1n) is 7.00. The van der Waals surface area contributed by atoms with Crippen molar-refractivity contribution in [1.29, 1.82) is 0 Å². The summed E-state index contributed by atoms with van der Waals surface area (Å²) in [5.41, 5.74) is 1.05. The van der Waals surface area contributed by atoms with E-state index in [1.807, 2.05) is 13.0 Å². The van der Waals surface area contributed by atoms with Gasteiger partial charge in [-0.25, -0.2) is 8.78 Å². The normalized spacial score (nSPS) is 14.4. The lowest BCUT2D eigenvalue weighted by molar-refractivity contribution is 0.262. The highest BCUT2D eigenvalue weighted by Gasteiger charge is 2.21. The van der Waals surface area contributed by atoms with Crippen molar-refractivity contribution in [3.05, 3.63) is 53.0 Å². The van der Waals surface area contributed by atoms with Gasteiger partial charge in [-0.05, 0) is 31.4 Å². The van der Waals surface area contributed by atoms with E-state index in [1.54, 1.807) is 0 Å². The summed E-state index contributed by atoms with van der Waals surface area (Å²) in [7, 11) is 0. The number of benzene rings is 1. The average molecular weight is 293 g/mol. The molecule has 0 unspecified atom stereocenters. The molecule has 1 N–H and O–H groups in total. The number of furan rings is 1. The number of hydrogen-bond acceptors (Lipinski definition) is 3. The third kappa shape index (κ3) is 3.82. The van der Waals surface area contributed by atoms with Crippen molar-refractivity contribution < 1.29 is 17.9 Å². The Morgan fingerprint density at radius 1 is 1.19 bits per heavy atom. The molecule has 0 bridgehead atoms. The first-order valence-corrected chi connectivity index (χ1v) is 7.00. The molecule has 1 fully saturated rings. The van der Waals surface area contributed by atoms with Crippen molar-refractivity contribution in [1.82, 2.24) is 5.32 Å². The number of halogens is 2. The second-order valence-corrected chi connectivity index (χ2v) is 5.37. The Bertz CT molecular complexity index is 615. The molecule has 0 saturated heterocycles. The smallest absolute Gasteiger partial charge is 0.146 e. The number of nitrogens with one attached hydrogen (secondary N) is 1. The predicted octanol–water partition coefficient (Wildman–Crippen LogP) is 3.70. The zero-order valence-corrected chi connectivity index (χ0v) is 11.8. The molecule has 0 atom stereocenters. The molecule has 0 spiro atoms. The lowest BCUT2D eigenvalue weighted by Crippen LogP contribution is -2.15. The minimum Gasteiger partial charge on any atom is -0.485 e. The Balaban J connectivity index is 1.60. The maximum absolute atomic E-state index is 13.1. The molecule has 21 heavy (non-hydrogen) atoms. The number of aryl methyl sites for hydroxylation is 1. The summed E-state index contributed by atoms with van der Waals surface area (Å²) in [4.78, 5) is 0. The Labute approximate surface area is 121 Å². The molecular weight excluding hydrogens is 276 g/mol. The highest BCUT2D eigenvalue weighted by Crippen LogP contribution is 2.22. The summed E-state index contributed by atoms with van der Waals surface area (Å²) in [5.74, 6) is 0.361. The van der Waals surface area contributed by atoms with Gasteiger partial charge in [0.2, 0.25) is 0 Å². The molecule has 3 nitrogen and oxygen atoms in total. The van der Waals surface area contributed by atoms with Gasteiger partial charge in [-0.1, -0.05) is 0 Å². The monoisotopic (exact) mass is 293 g/mol. The highest BCUT2D eigenvalue weighted by atomic mass is 19.1. The molecule has 1 aliphatic carbocycles. The largest absolute Gasteiger partial charge is 0.485 e. The van der Waals surface area contributed by atoms with Crippen LogP contribution in [0.3, 0.4) is 0 Å². The van der Waals surface area contributed by atoms with Crippen molar-refractivity contribution in [3.8, 4) is 5.75 Å². The second kappa shape index (κ2) is 5.85. The van der Waals surface area contributed by atoms with Crippen LogP contribution in [0.4, 0.5) is 8.78 Å². The van der Waals surface area contributed by atoms with Crippen LogP contribution in [0, 0.1) is 18.6 Å². The molecule has 1 aromatic carbocycles. The summed E-state index contributed by atoms with van der Waals surface area (Å²) in [6.45, 7) is 2.82. The zero-order chi connectivity index (χ0) is 14.8. The van der Waals surface area contributed by atoms with Crippen LogP contribution in [0.15, 0.2) is 28.7 Å². The van der Waals surface area contributed by atoms with E-state index in [0.29, 0.717) is 18.3 Å². The van der Waals surface area contributed by atoms with Crippen LogP contribution in [0.5, 0.6) is 5.75 Å². The maximum atomic E-state index is 13.1. The van der Waals surface area contributed by atoms with Gasteiger partial charge >= 0.3 is 0 Å². The fourth-order valence-corrected chi connectivity index (χ4v) is 2.13. The standard InChI is InChI=1S/C16H17F2NO2/c1-10-4-15(21-16(10)8-19-13-2-3-13)9-20-14-6-11(17)5-12(18)7-14/h4-7,13,19H,2-3,8-9H2,1H3. The van der Waals surface area contributed by atoms with Crippen LogP contribution in [-0.2, 0) is 13.2 Å². The lowest BCUT2D eigenvalue weighted by Gasteiger charge is -2.04. The fraction of sp³-hybridized carbons (Fsp3) is 0.375. The van der Waals surface area contributed by atoms with Crippen molar-refractivity contribution in [2.24, 2.45) is 0 Å². The summed E-state index contributed by atoms with van der Waals surface area (Å²) in [6.07, 6.45) is 2.45. The van der Waals surface area contributed by atoms with Crippen LogP contribution in [0.1, 0.15) is 29.9 Å². The molecule has 2 aromatic rings. The fourth-order valence-electron chi connectivity index (χ4n) is 2.13. The van der Waals surface area contributed by atoms with Gasteiger partial charge in [-0.15, -0.1) is 0 Å². The van der Waals surface area contributed by atoms with Gasteiger partial charge in [0.15, 0.2) is 0 Å². The Morgan fingerprint density at radius 3 is 2.57 bits per heavy atom. The number of rotatable bonds is 6. The molecule has 5 heteroatoms. The molecular formula is C16H17F2NO2. The van der Waals surface area contributed by atoms with E-state index in [4.69, 9.17) is 9.15 Å². The zero-order valence-electron chi connectivity index (χ0n) is 11.8. The molecule has 1 aliphatic rings. The third-order valence-electron chi connectivity index (χ3n) is 3.42. The molecule has 1 saturated carbocycles. The van der Waals surface area contributed by atoms with E-state index in [0.717, 1.165) is 29.5 Å². The van der Waals surface area contributed by atoms with Gasteiger partial charge in [0.1, 0.15) is 35.5 Å². The van der Waals surface area contributed by atoms with E-state index in [1.165, 1.54) is 12.8 Å². The van der Waals surface area contributed by atoms with Crippen LogP contribution in [0.2, 0.25) is 0 Å². The summed E-state index contributed by atoms with van der Waals surface area (Å²) < 4.78 is 37.2. The SMILES string of the molecule is Cc1cc(COc2cc(F)cc(F)c2)oc1CNC1CC1. The van der Waals surface area contributed by atoms with Gasteiger partial charge in [-0.2, -0.15) is 0 Å². The van der Waals surface area contributed by atoms with Gasteiger partial charge in [0.25, 0.3) is 0 Å². The predicted molar refractivity (Wildman–Crippen MR) is 74.0 cm³/mol.